The Balaban J connectivity index is 3.35. The van der Waals surface area contributed by atoms with Crippen LogP contribution in [0.4, 0.5) is 0 Å². The fourth-order valence-electron chi connectivity index (χ4n) is 3.57. The van der Waals surface area contributed by atoms with Crippen LogP contribution in [-0.4, -0.2) is 48.8 Å². The van der Waals surface area contributed by atoms with E-state index >= 15 is 0 Å². The van der Waals surface area contributed by atoms with Crippen molar-refractivity contribution in [2.45, 2.75) is 135 Å². The summed E-state index contributed by atoms with van der Waals surface area (Å²) < 4.78 is 11.2. The molecule has 0 heterocycles. The van der Waals surface area contributed by atoms with Crippen molar-refractivity contribution in [1.29, 1.82) is 0 Å². The normalized spacial score (nSPS) is 13.6. The first kappa shape index (κ1) is 29.8. The average Bonchev–Trinajstić information content (AvgIpc) is 2.76. The molecule has 0 rings (SSSR count). The van der Waals surface area contributed by atoms with Crippen LogP contribution in [0, 0.1) is 6.42 Å². The molecule has 0 spiro atoms. The van der Waals surface area contributed by atoms with Gasteiger partial charge in [-0.2, -0.15) is 0 Å². The van der Waals surface area contributed by atoms with E-state index in [1.807, 2.05) is 6.42 Å². The van der Waals surface area contributed by atoms with E-state index in [1.54, 1.807) is 0 Å². The van der Waals surface area contributed by atoms with Crippen LogP contribution in [0.2, 0.25) is 0 Å². The van der Waals surface area contributed by atoms with E-state index in [1.165, 1.54) is 83.5 Å². The molecule has 0 aliphatic carbocycles. The second-order valence-electron chi connectivity index (χ2n) is 8.74. The minimum Gasteiger partial charge on any atom is -0.394 e. The summed E-state index contributed by atoms with van der Waals surface area (Å²) in [7, 11) is 0. The Labute approximate surface area is 188 Å². The molecule has 2 atom stereocenters. The lowest BCUT2D eigenvalue weighted by Crippen LogP contribution is -2.24. The van der Waals surface area contributed by atoms with Gasteiger partial charge in [0, 0.05) is 13.2 Å². The molecule has 2 N–H and O–H groups in total. The van der Waals surface area contributed by atoms with E-state index in [2.05, 4.69) is 13.8 Å². The van der Waals surface area contributed by atoms with Crippen LogP contribution in [0.3, 0.4) is 0 Å². The first-order valence-corrected chi connectivity index (χ1v) is 13.1. The summed E-state index contributed by atoms with van der Waals surface area (Å²) in [4.78, 5) is 0. The Hall–Kier alpha value is -0.160. The molecule has 0 aromatic heterocycles. The van der Waals surface area contributed by atoms with E-state index in [-0.39, 0.29) is 12.7 Å². The van der Waals surface area contributed by atoms with Gasteiger partial charge in [-0.3, -0.25) is 0 Å². The zero-order valence-electron chi connectivity index (χ0n) is 20.3. The minimum atomic E-state index is -0.513. The summed E-state index contributed by atoms with van der Waals surface area (Å²) >= 11 is 0. The van der Waals surface area contributed by atoms with Crippen LogP contribution in [0.1, 0.15) is 123 Å². The average molecular weight is 430 g/mol. The molecule has 0 aromatic carbocycles. The van der Waals surface area contributed by atoms with Gasteiger partial charge in [-0.15, -0.1) is 0 Å². The Kier molecular flexibility index (Phi) is 25.0. The first-order valence-electron chi connectivity index (χ1n) is 13.1. The second-order valence-corrected chi connectivity index (χ2v) is 8.74. The van der Waals surface area contributed by atoms with Gasteiger partial charge in [-0.25, -0.2) is 0 Å². The van der Waals surface area contributed by atoms with E-state index in [4.69, 9.17) is 9.47 Å². The molecule has 0 saturated carbocycles. The molecular weight excluding hydrogens is 376 g/mol. The van der Waals surface area contributed by atoms with Gasteiger partial charge in [-0.1, -0.05) is 104 Å². The van der Waals surface area contributed by atoms with Gasteiger partial charge >= 0.3 is 0 Å². The van der Waals surface area contributed by atoms with Crippen LogP contribution in [0.5, 0.6) is 0 Å². The summed E-state index contributed by atoms with van der Waals surface area (Å²) in [6.45, 7) is 6.11. The number of hydrogen-bond acceptors (Lipinski definition) is 4. The van der Waals surface area contributed by atoms with Crippen molar-refractivity contribution in [3.63, 3.8) is 0 Å². The molecule has 30 heavy (non-hydrogen) atoms. The molecule has 0 saturated heterocycles. The Morgan fingerprint density at radius 1 is 0.667 bits per heavy atom. The Bertz CT molecular complexity index is 311. The summed E-state index contributed by atoms with van der Waals surface area (Å²) in [6.07, 6.45) is 22.6. The largest absolute Gasteiger partial charge is 0.394 e. The lowest BCUT2D eigenvalue weighted by molar-refractivity contribution is 0.0105. The third kappa shape index (κ3) is 22.5. The third-order valence-electron chi connectivity index (χ3n) is 5.63. The van der Waals surface area contributed by atoms with E-state index < -0.39 is 6.10 Å². The van der Waals surface area contributed by atoms with Crippen molar-refractivity contribution in [2.75, 3.05) is 26.4 Å². The fraction of sp³-hybridized carbons (Fsp3) is 0.962. The molecule has 0 aromatic rings. The monoisotopic (exact) mass is 429 g/mol. The van der Waals surface area contributed by atoms with Crippen molar-refractivity contribution in [1.82, 2.24) is 0 Å². The zero-order chi connectivity index (χ0) is 22.1. The predicted octanol–water partition coefficient (Wildman–Crippen LogP) is 6.62. The van der Waals surface area contributed by atoms with Gasteiger partial charge in [-0.05, 0) is 25.7 Å². The number of aliphatic hydroxyl groups excluding tert-OH is 2. The van der Waals surface area contributed by atoms with E-state index in [0.717, 1.165) is 19.3 Å². The van der Waals surface area contributed by atoms with Crippen LogP contribution < -0.4 is 0 Å². The quantitative estimate of drug-likeness (QED) is 0.160. The molecule has 0 fully saturated rings. The number of aliphatic hydroxyl groups is 2. The highest BCUT2D eigenvalue weighted by Gasteiger charge is 2.12. The van der Waals surface area contributed by atoms with Gasteiger partial charge in [0.15, 0.2) is 0 Å². The second kappa shape index (κ2) is 25.1. The molecule has 4 heteroatoms. The maximum Gasteiger partial charge on any atom is 0.0838 e. The topological polar surface area (TPSA) is 58.9 Å². The van der Waals surface area contributed by atoms with Crippen molar-refractivity contribution < 1.29 is 19.7 Å². The first-order chi connectivity index (χ1) is 14.7. The summed E-state index contributed by atoms with van der Waals surface area (Å²) in [5, 5.41) is 19.3. The van der Waals surface area contributed by atoms with Crippen molar-refractivity contribution in [3.8, 4) is 0 Å². The molecule has 2 unspecified atom stereocenters. The van der Waals surface area contributed by atoms with Crippen LogP contribution in [0.25, 0.3) is 0 Å². The smallest absolute Gasteiger partial charge is 0.0838 e. The van der Waals surface area contributed by atoms with Gasteiger partial charge in [0.1, 0.15) is 0 Å². The molecule has 0 amide bonds. The molecular formula is C26H53O4. The highest BCUT2D eigenvalue weighted by atomic mass is 16.5. The highest BCUT2D eigenvalue weighted by Crippen LogP contribution is 2.13. The van der Waals surface area contributed by atoms with Gasteiger partial charge in [0.25, 0.3) is 0 Å². The third-order valence-corrected chi connectivity index (χ3v) is 5.63. The summed E-state index contributed by atoms with van der Waals surface area (Å²) in [5.74, 6) is 0. The maximum atomic E-state index is 9.90. The number of rotatable bonds is 25. The van der Waals surface area contributed by atoms with E-state index in [9.17, 15) is 10.2 Å². The predicted molar refractivity (Wildman–Crippen MR) is 128 cm³/mol. The minimum absolute atomic E-state index is 0.0258. The van der Waals surface area contributed by atoms with Gasteiger partial charge in [0.05, 0.1) is 25.4 Å². The molecule has 4 nitrogen and oxygen atoms in total. The molecule has 0 bridgehead atoms. The maximum absolute atomic E-state index is 9.90. The lowest BCUT2D eigenvalue weighted by atomic mass is 10.0. The van der Waals surface area contributed by atoms with E-state index in [0.29, 0.717) is 26.2 Å². The number of ether oxygens (including phenoxy) is 2. The molecule has 1 radical (unpaired) electrons. The number of unbranched alkanes of at least 4 members (excludes halogenated alkanes) is 14. The van der Waals surface area contributed by atoms with Gasteiger partial charge in [0.2, 0.25) is 0 Å². The zero-order valence-corrected chi connectivity index (χ0v) is 20.3. The molecule has 0 aliphatic heterocycles. The van der Waals surface area contributed by atoms with Crippen LogP contribution in [0.15, 0.2) is 0 Å². The SMILES string of the molecule is CCCCCCCCCCCCCCCCOC([CH]CC(O)COCCCC)CO. The van der Waals surface area contributed by atoms with Crippen LogP contribution >= 0.6 is 0 Å². The summed E-state index contributed by atoms with van der Waals surface area (Å²) in [6, 6.07) is 0. The number of hydrogen-bond donors (Lipinski definition) is 2. The Morgan fingerprint density at radius 3 is 1.67 bits per heavy atom. The van der Waals surface area contributed by atoms with Gasteiger partial charge < -0.3 is 19.7 Å². The van der Waals surface area contributed by atoms with Crippen LogP contribution in [-0.2, 0) is 9.47 Å². The molecule has 0 aliphatic rings. The van der Waals surface area contributed by atoms with Crippen molar-refractivity contribution in [2.24, 2.45) is 0 Å². The molecule has 181 valence electrons. The lowest BCUT2D eigenvalue weighted by Gasteiger charge is -2.17. The van der Waals surface area contributed by atoms with Crippen molar-refractivity contribution in [3.05, 3.63) is 6.42 Å². The van der Waals surface area contributed by atoms with Crippen molar-refractivity contribution >= 4 is 0 Å². The highest BCUT2D eigenvalue weighted by molar-refractivity contribution is 4.79. The fourth-order valence-corrected chi connectivity index (χ4v) is 3.57. The standard InChI is InChI=1S/C26H53O4/c1-3-5-7-8-9-10-11-12-13-14-15-16-17-18-22-30-26(23-27)20-19-25(28)24-29-21-6-4-2/h20,25-28H,3-19,21-24H2,1-2H3. The Morgan fingerprint density at radius 2 is 1.17 bits per heavy atom. The summed E-state index contributed by atoms with van der Waals surface area (Å²) in [5.41, 5.74) is 0.